The van der Waals surface area contributed by atoms with Gasteiger partial charge in [-0.25, -0.2) is 9.97 Å². The molecule has 0 saturated heterocycles. The zero-order valence-electron chi connectivity index (χ0n) is 38.6. The van der Waals surface area contributed by atoms with Crippen LogP contribution in [0.15, 0.2) is 255 Å². The van der Waals surface area contributed by atoms with Gasteiger partial charge in [0.1, 0.15) is 0 Å². The van der Waals surface area contributed by atoms with E-state index in [2.05, 4.69) is 249 Å². The summed E-state index contributed by atoms with van der Waals surface area (Å²) in [5.41, 5.74) is 13.4. The molecule has 0 atom stereocenters. The Bertz CT molecular complexity index is 4360. The van der Waals surface area contributed by atoms with Crippen LogP contribution in [0, 0.1) is 0 Å². The Hall–Kier alpha value is -9.02. The summed E-state index contributed by atoms with van der Waals surface area (Å²) < 4.78 is 1.27. The fourth-order valence-corrected chi connectivity index (χ4v) is 12.1. The van der Waals surface area contributed by atoms with Crippen LogP contribution in [0.25, 0.3) is 142 Å². The summed E-state index contributed by atoms with van der Waals surface area (Å²) in [6.07, 6.45) is 0. The normalized spacial score (nSPS) is 11.7. The van der Waals surface area contributed by atoms with Crippen LogP contribution >= 0.6 is 11.3 Å². The van der Waals surface area contributed by atoms with Crippen molar-refractivity contribution in [2.24, 2.45) is 0 Å². The Kier molecular flexibility index (Phi) is 9.75. The summed E-state index contributed by atoms with van der Waals surface area (Å²) in [5.74, 6) is 0.702. The molecule has 0 aliphatic carbocycles. The van der Waals surface area contributed by atoms with Gasteiger partial charge < -0.3 is 0 Å². The predicted octanol–water partition coefficient (Wildman–Crippen LogP) is 19.1. The Morgan fingerprint density at radius 1 is 0.254 bits per heavy atom. The lowest BCUT2D eigenvalue weighted by molar-refractivity contribution is 1.19. The molecule has 0 fully saturated rings. The smallest absolute Gasteiger partial charge is 0.160 e. The molecular weight excluding hydrogens is 877 g/mol. The molecule has 0 aliphatic heterocycles. The molecule has 0 bridgehead atoms. The molecule has 14 aromatic rings. The fraction of sp³-hybridized carbons (Fsp3) is 0. The second-order valence-electron chi connectivity index (χ2n) is 18.4. The topological polar surface area (TPSA) is 25.8 Å². The Morgan fingerprint density at radius 2 is 0.761 bits per heavy atom. The minimum absolute atomic E-state index is 0.702. The number of fused-ring (bicyclic) bond motifs is 7. The molecule has 14 rings (SSSR count). The van der Waals surface area contributed by atoms with Crippen LogP contribution in [0.3, 0.4) is 0 Å². The molecule has 0 unspecified atom stereocenters. The molecule has 0 spiro atoms. The molecule has 0 aliphatic rings. The molecule has 71 heavy (non-hydrogen) atoms. The molecular formula is C68H42N2S. The van der Waals surface area contributed by atoms with Gasteiger partial charge in [0.15, 0.2) is 5.82 Å². The van der Waals surface area contributed by atoms with E-state index >= 15 is 0 Å². The first-order valence-electron chi connectivity index (χ1n) is 24.2. The lowest BCUT2D eigenvalue weighted by atomic mass is 9.86. The van der Waals surface area contributed by atoms with E-state index in [0.29, 0.717) is 5.82 Å². The van der Waals surface area contributed by atoms with Crippen molar-refractivity contribution in [2.75, 3.05) is 0 Å². The molecule has 12 aromatic carbocycles. The summed E-state index contributed by atoms with van der Waals surface area (Å²) >= 11 is 1.82. The zero-order chi connectivity index (χ0) is 46.8. The van der Waals surface area contributed by atoms with Gasteiger partial charge in [-0.15, -0.1) is 11.3 Å². The van der Waals surface area contributed by atoms with Gasteiger partial charge in [0.05, 0.1) is 11.4 Å². The van der Waals surface area contributed by atoms with Crippen molar-refractivity contribution < 1.29 is 0 Å². The fourth-order valence-electron chi connectivity index (χ4n) is 11.0. The van der Waals surface area contributed by atoms with E-state index in [9.17, 15) is 0 Å². The number of rotatable bonds is 7. The van der Waals surface area contributed by atoms with Gasteiger partial charge in [-0.1, -0.05) is 231 Å². The van der Waals surface area contributed by atoms with Gasteiger partial charge >= 0.3 is 0 Å². The van der Waals surface area contributed by atoms with Crippen LogP contribution in [0.5, 0.6) is 0 Å². The summed E-state index contributed by atoms with van der Waals surface area (Å²) in [6.45, 7) is 0. The standard InChI is InChI=1S/C68H42N2S/c1-2-17-46(18-3-1)68-69-63(57-27-13-14-28-59(57)66-41-48-20-6-15-29-65(48)71-66)42-64(70-68)58-38-36-50(53-23-9-11-25-55(53)58)44-30-32-45(33-31-44)51-37-39-60(56-26-12-10-24-54(51)56)67-52-22-8-5-19-47(52)40-62-49-21-7-4-16-43(49)34-35-61(62)67/h1-42H. The Labute approximate surface area is 415 Å². The van der Waals surface area contributed by atoms with Gasteiger partial charge in [-0.05, 0) is 117 Å². The lowest BCUT2D eigenvalue weighted by Crippen LogP contribution is -1.97. The number of nitrogens with zero attached hydrogens (tertiary/aromatic N) is 2. The minimum atomic E-state index is 0.702. The third-order valence-electron chi connectivity index (χ3n) is 14.3. The molecule has 2 heterocycles. The average molecular weight is 919 g/mol. The average Bonchev–Trinajstić information content (AvgIpc) is 3.89. The predicted molar refractivity (Wildman–Crippen MR) is 303 cm³/mol. The van der Waals surface area contributed by atoms with Crippen LogP contribution in [-0.4, -0.2) is 9.97 Å². The van der Waals surface area contributed by atoms with Crippen molar-refractivity contribution >= 4 is 75.3 Å². The Balaban J connectivity index is 0.866. The highest BCUT2D eigenvalue weighted by atomic mass is 32.1. The van der Waals surface area contributed by atoms with Crippen molar-refractivity contribution in [1.29, 1.82) is 0 Å². The van der Waals surface area contributed by atoms with E-state index in [1.807, 2.05) is 17.4 Å². The number of hydrogen-bond acceptors (Lipinski definition) is 3. The zero-order valence-corrected chi connectivity index (χ0v) is 39.4. The quantitative estimate of drug-likeness (QED) is 0.118. The minimum Gasteiger partial charge on any atom is -0.228 e. The maximum absolute atomic E-state index is 5.32. The highest BCUT2D eigenvalue weighted by Crippen LogP contribution is 2.45. The first kappa shape index (κ1) is 41.0. The monoisotopic (exact) mass is 918 g/mol. The van der Waals surface area contributed by atoms with Crippen molar-refractivity contribution in [1.82, 2.24) is 9.97 Å². The van der Waals surface area contributed by atoms with Crippen molar-refractivity contribution in [3.8, 4) is 77.7 Å². The van der Waals surface area contributed by atoms with E-state index in [0.717, 1.165) is 44.6 Å². The highest BCUT2D eigenvalue weighted by Gasteiger charge is 2.20. The summed E-state index contributed by atoms with van der Waals surface area (Å²) in [7, 11) is 0. The number of thiophene rings is 1. The van der Waals surface area contributed by atoms with Crippen molar-refractivity contribution in [2.45, 2.75) is 0 Å². The van der Waals surface area contributed by atoms with Crippen LogP contribution < -0.4 is 0 Å². The summed E-state index contributed by atoms with van der Waals surface area (Å²) in [6, 6.07) is 92.5. The molecule has 0 amide bonds. The lowest BCUT2D eigenvalue weighted by Gasteiger charge is -2.17. The number of hydrogen-bond donors (Lipinski definition) is 0. The van der Waals surface area contributed by atoms with Gasteiger partial charge in [-0.3, -0.25) is 0 Å². The van der Waals surface area contributed by atoms with E-state index in [1.54, 1.807) is 0 Å². The van der Waals surface area contributed by atoms with Crippen molar-refractivity contribution in [3.63, 3.8) is 0 Å². The van der Waals surface area contributed by atoms with Crippen molar-refractivity contribution in [3.05, 3.63) is 255 Å². The van der Waals surface area contributed by atoms with Gasteiger partial charge in [0.2, 0.25) is 0 Å². The maximum atomic E-state index is 5.32. The van der Waals surface area contributed by atoms with Gasteiger partial charge in [0.25, 0.3) is 0 Å². The van der Waals surface area contributed by atoms with Gasteiger partial charge in [0, 0.05) is 31.8 Å². The molecule has 330 valence electrons. The first-order valence-corrected chi connectivity index (χ1v) is 25.0. The molecule has 2 aromatic heterocycles. The molecule has 3 heteroatoms. The molecule has 0 radical (unpaired) electrons. The maximum Gasteiger partial charge on any atom is 0.160 e. The van der Waals surface area contributed by atoms with Crippen LogP contribution in [-0.2, 0) is 0 Å². The molecule has 2 nitrogen and oxygen atoms in total. The second-order valence-corrected chi connectivity index (χ2v) is 19.5. The third-order valence-corrected chi connectivity index (χ3v) is 15.5. The first-order chi connectivity index (χ1) is 35.2. The second kappa shape index (κ2) is 16.9. The van der Waals surface area contributed by atoms with Crippen LogP contribution in [0.2, 0.25) is 0 Å². The molecule has 0 saturated carbocycles. The van der Waals surface area contributed by atoms with Crippen LogP contribution in [0.4, 0.5) is 0 Å². The Morgan fingerprint density at radius 3 is 1.45 bits per heavy atom. The highest BCUT2D eigenvalue weighted by molar-refractivity contribution is 7.22. The third kappa shape index (κ3) is 7.01. The van der Waals surface area contributed by atoms with E-state index < -0.39 is 0 Å². The summed E-state index contributed by atoms with van der Waals surface area (Å²) in [4.78, 5) is 11.8. The van der Waals surface area contributed by atoms with E-state index in [1.165, 1.54) is 91.3 Å². The van der Waals surface area contributed by atoms with E-state index in [4.69, 9.17) is 9.97 Å². The largest absolute Gasteiger partial charge is 0.228 e. The summed E-state index contributed by atoms with van der Waals surface area (Å²) in [5, 5.41) is 13.7. The van der Waals surface area contributed by atoms with Gasteiger partial charge in [-0.2, -0.15) is 0 Å². The van der Waals surface area contributed by atoms with Crippen LogP contribution in [0.1, 0.15) is 0 Å². The number of benzene rings is 12. The van der Waals surface area contributed by atoms with E-state index in [-0.39, 0.29) is 0 Å². The molecule has 0 N–H and O–H groups in total. The SMILES string of the molecule is c1ccc(-c2nc(-c3ccccc3-c3cc4ccccc4s3)cc(-c3ccc(-c4ccc(-c5ccc(-c6c7ccccc7cc7c6ccc6ccccc67)c6ccccc56)cc4)c4ccccc34)n2)cc1. The number of aromatic nitrogens is 2.